The second-order valence-electron chi connectivity index (χ2n) is 6.35. The summed E-state index contributed by atoms with van der Waals surface area (Å²) < 4.78 is 11.5. The Labute approximate surface area is 150 Å². The third kappa shape index (κ3) is 2.78. The monoisotopic (exact) mass is 346 g/mol. The number of hydrogen-bond donors (Lipinski definition) is 0. The number of aromatic nitrogens is 3. The van der Waals surface area contributed by atoms with Gasteiger partial charge in [-0.2, -0.15) is 0 Å². The predicted octanol–water partition coefficient (Wildman–Crippen LogP) is 3.20. The summed E-state index contributed by atoms with van der Waals surface area (Å²) in [6.45, 7) is 3.17. The molecule has 5 rings (SSSR count). The van der Waals surface area contributed by atoms with Gasteiger partial charge in [0.15, 0.2) is 5.58 Å². The molecule has 4 aromatic rings. The Morgan fingerprint density at radius 2 is 1.85 bits per heavy atom. The molecule has 0 atom stereocenters. The quantitative estimate of drug-likeness (QED) is 0.568. The molecule has 6 nitrogen and oxygen atoms in total. The van der Waals surface area contributed by atoms with Crippen molar-refractivity contribution in [1.29, 1.82) is 0 Å². The van der Waals surface area contributed by atoms with Crippen LogP contribution >= 0.6 is 0 Å². The Morgan fingerprint density at radius 3 is 2.77 bits per heavy atom. The fraction of sp³-hybridized carbons (Fsp3) is 0.250. The van der Waals surface area contributed by atoms with Gasteiger partial charge in [-0.1, -0.05) is 30.3 Å². The molecule has 0 unspecified atom stereocenters. The summed E-state index contributed by atoms with van der Waals surface area (Å²) >= 11 is 0. The van der Waals surface area contributed by atoms with E-state index < -0.39 is 0 Å². The van der Waals surface area contributed by atoms with Crippen molar-refractivity contribution >= 4 is 27.7 Å². The van der Waals surface area contributed by atoms with Gasteiger partial charge in [-0.25, -0.2) is 15.0 Å². The van der Waals surface area contributed by atoms with Gasteiger partial charge in [-0.3, -0.25) is 0 Å². The summed E-state index contributed by atoms with van der Waals surface area (Å²) in [5.74, 6) is 2.28. The molecule has 26 heavy (non-hydrogen) atoms. The number of anilines is 1. The van der Waals surface area contributed by atoms with Gasteiger partial charge in [0.1, 0.15) is 17.2 Å². The average molecular weight is 346 g/mol. The van der Waals surface area contributed by atoms with Crippen molar-refractivity contribution in [3.05, 3.63) is 60.4 Å². The van der Waals surface area contributed by atoms with Crippen molar-refractivity contribution in [2.24, 2.45) is 0 Å². The lowest BCUT2D eigenvalue weighted by molar-refractivity contribution is 0.122. The zero-order valence-corrected chi connectivity index (χ0v) is 14.3. The molecular formula is C20H18N4O2. The van der Waals surface area contributed by atoms with E-state index in [0.29, 0.717) is 18.1 Å². The van der Waals surface area contributed by atoms with Gasteiger partial charge in [-0.05, 0) is 17.5 Å². The van der Waals surface area contributed by atoms with Gasteiger partial charge >= 0.3 is 0 Å². The first-order chi connectivity index (χ1) is 12.9. The van der Waals surface area contributed by atoms with Crippen molar-refractivity contribution in [3.63, 3.8) is 0 Å². The van der Waals surface area contributed by atoms with Crippen LogP contribution in [0, 0.1) is 0 Å². The van der Waals surface area contributed by atoms with E-state index in [9.17, 15) is 0 Å². The number of morpholine rings is 1. The first-order valence-corrected chi connectivity index (χ1v) is 8.79. The van der Waals surface area contributed by atoms with Gasteiger partial charge in [0.25, 0.3) is 0 Å². The summed E-state index contributed by atoms with van der Waals surface area (Å²) in [6.07, 6.45) is 2.27. The van der Waals surface area contributed by atoms with Crippen LogP contribution in [0.3, 0.4) is 0 Å². The molecule has 6 heteroatoms. The molecule has 0 N–H and O–H groups in total. The van der Waals surface area contributed by atoms with E-state index in [2.05, 4.69) is 38.1 Å². The molecule has 3 heterocycles. The maximum absolute atomic E-state index is 6.05. The zero-order chi connectivity index (χ0) is 17.3. The third-order valence-corrected chi connectivity index (χ3v) is 4.66. The molecule has 0 radical (unpaired) electrons. The van der Waals surface area contributed by atoms with Gasteiger partial charge < -0.3 is 14.1 Å². The standard InChI is InChI=1S/C20H18N4O2/c1-2-4-15-14(3-1)5-6-16-20(15)26-19(22-16)13-17-21-8-7-18(23-17)24-9-11-25-12-10-24/h1-8H,9-13H2. The van der Waals surface area contributed by atoms with E-state index in [1.807, 2.05) is 24.3 Å². The van der Waals surface area contributed by atoms with E-state index in [4.69, 9.17) is 9.15 Å². The Hall–Kier alpha value is -2.99. The minimum absolute atomic E-state index is 0.473. The lowest BCUT2D eigenvalue weighted by atomic mass is 10.1. The smallest absolute Gasteiger partial charge is 0.203 e. The molecule has 1 aliphatic heterocycles. The molecule has 0 bridgehead atoms. The Morgan fingerprint density at radius 1 is 0.962 bits per heavy atom. The number of rotatable bonds is 3. The topological polar surface area (TPSA) is 64.3 Å². The van der Waals surface area contributed by atoms with E-state index in [1.165, 1.54) is 0 Å². The number of fused-ring (bicyclic) bond motifs is 3. The summed E-state index contributed by atoms with van der Waals surface area (Å²) in [7, 11) is 0. The van der Waals surface area contributed by atoms with Gasteiger partial charge in [-0.15, -0.1) is 0 Å². The van der Waals surface area contributed by atoms with Crippen molar-refractivity contribution in [2.45, 2.75) is 6.42 Å². The van der Waals surface area contributed by atoms with E-state index in [0.717, 1.165) is 54.0 Å². The van der Waals surface area contributed by atoms with Crippen LogP contribution in [0.2, 0.25) is 0 Å². The fourth-order valence-electron chi connectivity index (χ4n) is 3.35. The number of benzene rings is 2. The third-order valence-electron chi connectivity index (χ3n) is 4.66. The highest BCUT2D eigenvalue weighted by Crippen LogP contribution is 2.26. The number of oxazole rings is 1. The minimum atomic E-state index is 0.473. The normalized spacial score (nSPS) is 15.0. The molecule has 0 amide bonds. The molecule has 0 aliphatic carbocycles. The number of hydrogen-bond acceptors (Lipinski definition) is 6. The Kier molecular flexibility index (Phi) is 3.75. The molecular weight excluding hydrogens is 328 g/mol. The van der Waals surface area contributed by atoms with Crippen molar-refractivity contribution < 1.29 is 9.15 Å². The molecule has 2 aromatic carbocycles. The number of nitrogens with zero attached hydrogens (tertiary/aromatic N) is 4. The van der Waals surface area contributed by atoms with Crippen LogP contribution in [0.4, 0.5) is 5.82 Å². The highest BCUT2D eigenvalue weighted by molar-refractivity contribution is 6.02. The maximum Gasteiger partial charge on any atom is 0.203 e. The van der Waals surface area contributed by atoms with Gasteiger partial charge in [0, 0.05) is 24.7 Å². The van der Waals surface area contributed by atoms with Crippen molar-refractivity contribution in [1.82, 2.24) is 15.0 Å². The van der Waals surface area contributed by atoms with E-state index in [1.54, 1.807) is 6.20 Å². The Bertz CT molecular complexity index is 1070. The highest BCUT2D eigenvalue weighted by Gasteiger charge is 2.15. The largest absolute Gasteiger partial charge is 0.440 e. The lowest BCUT2D eigenvalue weighted by Crippen LogP contribution is -2.36. The van der Waals surface area contributed by atoms with Gasteiger partial charge in [0.2, 0.25) is 5.89 Å². The number of ether oxygens (including phenoxy) is 1. The van der Waals surface area contributed by atoms with Crippen LogP contribution in [0.5, 0.6) is 0 Å². The van der Waals surface area contributed by atoms with E-state index in [-0.39, 0.29) is 0 Å². The molecule has 0 saturated carbocycles. The SMILES string of the molecule is c1ccc2c(c1)ccc1nc(Cc3nccc(N4CCOCC4)n3)oc12. The van der Waals surface area contributed by atoms with Crippen LogP contribution in [0.25, 0.3) is 21.9 Å². The second-order valence-corrected chi connectivity index (χ2v) is 6.35. The first-order valence-electron chi connectivity index (χ1n) is 8.79. The van der Waals surface area contributed by atoms with Crippen LogP contribution in [0.15, 0.2) is 53.1 Å². The highest BCUT2D eigenvalue weighted by atomic mass is 16.5. The van der Waals surface area contributed by atoms with Crippen LogP contribution in [-0.4, -0.2) is 41.3 Å². The lowest BCUT2D eigenvalue weighted by Gasteiger charge is -2.27. The molecule has 1 saturated heterocycles. The fourth-order valence-corrected chi connectivity index (χ4v) is 3.35. The summed E-state index contributed by atoms with van der Waals surface area (Å²) in [5.41, 5.74) is 1.69. The van der Waals surface area contributed by atoms with Crippen molar-refractivity contribution in [3.8, 4) is 0 Å². The first kappa shape index (κ1) is 15.3. The van der Waals surface area contributed by atoms with Gasteiger partial charge in [0.05, 0.1) is 19.6 Å². The molecule has 0 spiro atoms. The van der Waals surface area contributed by atoms with Crippen LogP contribution in [-0.2, 0) is 11.2 Å². The van der Waals surface area contributed by atoms with E-state index >= 15 is 0 Å². The predicted molar refractivity (Wildman–Crippen MR) is 99.4 cm³/mol. The molecule has 1 fully saturated rings. The minimum Gasteiger partial charge on any atom is -0.440 e. The Balaban J connectivity index is 1.46. The average Bonchev–Trinajstić information content (AvgIpc) is 3.12. The molecule has 2 aromatic heterocycles. The van der Waals surface area contributed by atoms with Crippen LogP contribution in [0.1, 0.15) is 11.7 Å². The summed E-state index contributed by atoms with van der Waals surface area (Å²) in [6, 6.07) is 14.2. The summed E-state index contributed by atoms with van der Waals surface area (Å²) in [5, 5.41) is 2.22. The molecule has 1 aliphatic rings. The zero-order valence-electron chi connectivity index (χ0n) is 14.3. The maximum atomic E-state index is 6.05. The molecule has 130 valence electrons. The van der Waals surface area contributed by atoms with Crippen molar-refractivity contribution in [2.75, 3.05) is 31.2 Å². The van der Waals surface area contributed by atoms with Crippen LogP contribution < -0.4 is 4.90 Å². The second kappa shape index (κ2) is 6.38. The summed E-state index contributed by atoms with van der Waals surface area (Å²) in [4.78, 5) is 15.9.